The lowest BCUT2D eigenvalue weighted by Gasteiger charge is -2.14. The fourth-order valence-corrected chi connectivity index (χ4v) is 2.71. The zero-order valence-corrected chi connectivity index (χ0v) is 12.2. The molecule has 0 aliphatic heterocycles. The van der Waals surface area contributed by atoms with E-state index < -0.39 is 44.6 Å². The summed E-state index contributed by atoms with van der Waals surface area (Å²) < 4.78 is 50.9. The Bertz CT molecular complexity index is 666. The van der Waals surface area contributed by atoms with Gasteiger partial charge in [0.1, 0.15) is 6.61 Å². The molecule has 21 heavy (non-hydrogen) atoms. The first-order valence-electron chi connectivity index (χ1n) is 5.43. The number of nitrogens with zero attached hydrogens (tertiary/aromatic N) is 1. The molecule has 0 heterocycles. The molecule has 0 unspecified atom stereocenters. The van der Waals surface area contributed by atoms with Crippen LogP contribution in [0.2, 0.25) is 5.02 Å². The van der Waals surface area contributed by atoms with Crippen LogP contribution in [0.4, 0.5) is 14.5 Å². The van der Waals surface area contributed by atoms with Gasteiger partial charge in [-0.1, -0.05) is 11.6 Å². The Hall–Kier alpha value is -1.36. The molecule has 1 rings (SSSR count). The van der Waals surface area contributed by atoms with Crippen molar-refractivity contribution in [3.05, 3.63) is 32.8 Å². The van der Waals surface area contributed by atoms with E-state index in [-0.39, 0.29) is 10.6 Å². The van der Waals surface area contributed by atoms with E-state index in [0.717, 1.165) is 12.1 Å². The van der Waals surface area contributed by atoms with E-state index >= 15 is 0 Å². The number of nitrogens with one attached hydrogen (secondary N) is 1. The van der Waals surface area contributed by atoms with Crippen LogP contribution in [-0.4, -0.2) is 37.5 Å². The molecule has 0 saturated carbocycles. The second-order valence-electron chi connectivity index (χ2n) is 4.14. The summed E-state index contributed by atoms with van der Waals surface area (Å²) in [7, 11) is -4.43. The van der Waals surface area contributed by atoms with Crippen LogP contribution in [0.5, 0.6) is 0 Å². The molecule has 0 bridgehead atoms. The lowest BCUT2D eigenvalue weighted by atomic mass is 10.2. The second kappa shape index (κ2) is 6.18. The van der Waals surface area contributed by atoms with Crippen molar-refractivity contribution in [2.24, 2.45) is 0 Å². The highest BCUT2D eigenvalue weighted by Crippen LogP contribution is 2.29. The van der Waals surface area contributed by atoms with Gasteiger partial charge in [-0.3, -0.25) is 10.1 Å². The molecule has 0 atom stereocenters. The quantitative estimate of drug-likeness (QED) is 0.599. The number of rotatable bonds is 6. The first kappa shape index (κ1) is 17.7. The fourth-order valence-electron chi connectivity index (χ4n) is 1.32. The maximum absolute atomic E-state index is 12.8. The van der Waals surface area contributed by atoms with E-state index in [9.17, 15) is 27.3 Å². The molecule has 118 valence electrons. The van der Waals surface area contributed by atoms with Crippen LogP contribution in [0.15, 0.2) is 17.0 Å². The molecule has 0 aromatic heterocycles. The van der Waals surface area contributed by atoms with Crippen molar-refractivity contribution in [2.45, 2.75) is 17.7 Å². The summed E-state index contributed by atoms with van der Waals surface area (Å²) in [5.41, 5.74) is -0.488. The SMILES string of the molecule is Cc1c(Cl)cc(S(=O)(=O)NCC(F)(F)CO)cc1[N+](=O)[O-]. The Morgan fingerprint density at radius 1 is 1.48 bits per heavy atom. The lowest BCUT2D eigenvalue weighted by molar-refractivity contribution is -0.385. The van der Waals surface area contributed by atoms with Crippen molar-refractivity contribution >= 4 is 27.3 Å². The third kappa shape index (κ3) is 4.30. The number of benzene rings is 1. The van der Waals surface area contributed by atoms with Gasteiger partial charge in [-0.2, -0.15) is 0 Å². The Morgan fingerprint density at radius 2 is 2.05 bits per heavy atom. The van der Waals surface area contributed by atoms with Gasteiger partial charge >= 0.3 is 0 Å². The average molecular weight is 345 g/mol. The van der Waals surface area contributed by atoms with Gasteiger partial charge in [0.15, 0.2) is 0 Å². The number of hydrogen-bond acceptors (Lipinski definition) is 5. The summed E-state index contributed by atoms with van der Waals surface area (Å²) in [4.78, 5) is 9.35. The Kier molecular flexibility index (Phi) is 5.20. The highest BCUT2D eigenvalue weighted by atomic mass is 35.5. The summed E-state index contributed by atoms with van der Waals surface area (Å²) in [6.07, 6.45) is 0. The third-order valence-electron chi connectivity index (χ3n) is 2.55. The zero-order valence-electron chi connectivity index (χ0n) is 10.6. The number of aliphatic hydroxyl groups excluding tert-OH is 1. The van der Waals surface area contributed by atoms with Gasteiger partial charge in [0.05, 0.1) is 21.4 Å². The van der Waals surface area contributed by atoms with Crippen LogP contribution < -0.4 is 4.72 Å². The maximum atomic E-state index is 12.8. The van der Waals surface area contributed by atoms with Crippen molar-refractivity contribution < 1.29 is 27.2 Å². The van der Waals surface area contributed by atoms with E-state index in [4.69, 9.17) is 16.7 Å². The third-order valence-corrected chi connectivity index (χ3v) is 4.32. The molecule has 1 aromatic carbocycles. The number of alkyl halides is 2. The molecule has 0 aliphatic carbocycles. The minimum Gasteiger partial charge on any atom is -0.390 e. The summed E-state index contributed by atoms with van der Waals surface area (Å²) in [6.45, 7) is -1.56. The minimum atomic E-state index is -4.43. The number of sulfonamides is 1. The fraction of sp³-hybridized carbons (Fsp3) is 0.400. The number of aliphatic hydroxyl groups is 1. The highest BCUT2D eigenvalue weighted by Gasteiger charge is 2.31. The Labute approximate surface area is 123 Å². The van der Waals surface area contributed by atoms with Crippen LogP contribution in [0.3, 0.4) is 0 Å². The predicted molar refractivity (Wildman–Crippen MR) is 70.1 cm³/mol. The minimum absolute atomic E-state index is 0.0568. The monoisotopic (exact) mass is 344 g/mol. The van der Waals surface area contributed by atoms with Crippen molar-refractivity contribution in [1.29, 1.82) is 0 Å². The molecular formula is C10H11ClF2N2O5S. The van der Waals surface area contributed by atoms with Gasteiger partial charge < -0.3 is 5.11 Å². The lowest BCUT2D eigenvalue weighted by Crippen LogP contribution is -2.38. The number of hydrogen-bond donors (Lipinski definition) is 2. The van der Waals surface area contributed by atoms with Crippen molar-refractivity contribution in [3.63, 3.8) is 0 Å². The summed E-state index contributed by atoms with van der Waals surface area (Å²) in [5.74, 6) is -3.65. The molecule has 0 spiro atoms. The number of nitro groups is 1. The molecule has 11 heteroatoms. The maximum Gasteiger partial charge on any atom is 0.283 e. The van der Waals surface area contributed by atoms with Crippen molar-refractivity contribution in [1.82, 2.24) is 4.72 Å². The second-order valence-corrected chi connectivity index (χ2v) is 6.32. The summed E-state index contributed by atoms with van der Waals surface area (Å²) in [5, 5.41) is 19.0. The molecule has 0 aliphatic rings. The van der Waals surface area contributed by atoms with Crippen LogP contribution >= 0.6 is 11.6 Å². The van der Waals surface area contributed by atoms with E-state index in [1.54, 1.807) is 4.72 Å². The normalized spacial score (nSPS) is 12.4. The smallest absolute Gasteiger partial charge is 0.283 e. The van der Waals surface area contributed by atoms with E-state index in [1.165, 1.54) is 6.92 Å². The van der Waals surface area contributed by atoms with Gasteiger partial charge in [-0.15, -0.1) is 0 Å². The molecule has 0 amide bonds. The summed E-state index contributed by atoms with van der Waals surface area (Å²) in [6, 6.07) is 1.64. The average Bonchev–Trinajstić information content (AvgIpc) is 2.39. The van der Waals surface area contributed by atoms with Gasteiger partial charge in [0.25, 0.3) is 11.6 Å². The van der Waals surface area contributed by atoms with Crippen molar-refractivity contribution in [2.75, 3.05) is 13.2 Å². The van der Waals surface area contributed by atoms with Gasteiger partial charge in [-0.05, 0) is 13.0 Å². The van der Waals surface area contributed by atoms with Crippen LogP contribution in [0.1, 0.15) is 5.56 Å². The predicted octanol–water partition coefficient (Wildman–Crippen LogP) is 1.46. The molecule has 7 nitrogen and oxygen atoms in total. The zero-order chi connectivity index (χ0) is 16.4. The van der Waals surface area contributed by atoms with Gasteiger partial charge in [-0.25, -0.2) is 21.9 Å². The highest BCUT2D eigenvalue weighted by molar-refractivity contribution is 7.89. The van der Waals surface area contributed by atoms with Crippen LogP contribution in [-0.2, 0) is 10.0 Å². The molecule has 0 saturated heterocycles. The van der Waals surface area contributed by atoms with E-state index in [2.05, 4.69) is 0 Å². The van der Waals surface area contributed by atoms with Crippen molar-refractivity contribution in [3.8, 4) is 0 Å². The molecule has 2 N–H and O–H groups in total. The Morgan fingerprint density at radius 3 is 2.52 bits per heavy atom. The first-order chi connectivity index (χ1) is 9.50. The molecular weight excluding hydrogens is 334 g/mol. The standard InChI is InChI=1S/C10H11ClF2N2O5S/c1-6-8(11)2-7(3-9(6)15(17)18)21(19,20)14-4-10(12,13)5-16/h2-3,14,16H,4-5H2,1H3. The molecule has 1 aromatic rings. The van der Waals surface area contributed by atoms with Gasteiger partial charge in [0, 0.05) is 11.6 Å². The summed E-state index contributed by atoms with van der Waals surface area (Å²) >= 11 is 5.70. The first-order valence-corrected chi connectivity index (χ1v) is 7.29. The Balaban J connectivity index is 3.18. The van der Waals surface area contributed by atoms with E-state index in [0.29, 0.717) is 0 Å². The molecule has 0 fully saturated rings. The van der Waals surface area contributed by atoms with Crippen LogP contribution in [0, 0.1) is 17.0 Å². The number of nitro benzene ring substituents is 1. The number of halogens is 3. The largest absolute Gasteiger partial charge is 0.390 e. The topological polar surface area (TPSA) is 110 Å². The van der Waals surface area contributed by atoms with Crippen LogP contribution in [0.25, 0.3) is 0 Å². The van der Waals surface area contributed by atoms with Gasteiger partial charge in [0.2, 0.25) is 10.0 Å². The van der Waals surface area contributed by atoms with E-state index in [1.807, 2.05) is 0 Å². The molecule has 0 radical (unpaired) electrons.